The van der Waals surface area contributed by atoms with Crippen LogP contribution in [-0.4, -0.2) is 11.2 Å². The van der Waals surface area contributed by atoms with Gasteiger partial charge in [-0.1, -0.05) is 18.2 Å². The van der Waals surface area contributed by atoms with Crippen LogP contribution in [0.15, 0.2) is 57.7 Å². The summed E-state index contributed by atoms with van der Waals surface area (Å²) in [7, 11) is 0. The maximum atomic E-state index is 11.8. The van der Waals surface area contributed by atoms with Gasteiger partial charge in [-0.15, -0.1) is 0 Å². The van der Waals surface area contributed by atoms with E-state index in [1.807, 2.05) is 30.3 Å². The van der Waals surface area contributed by atoms with Gasteiger partial charge < -0.3 is 14.9 Å². The van der Waals surface area contributed by atoms with E-state index in [4.69, 9.17) is 14.9 Å². The fraction of sp³-hybridized carbons (Fsp3) is 0.133. The number of nitrogen functional groups attached to an aromatic ring is 1. The molecule has 2 N–H and O–H groups in total. The van der Waals surface area contributed by atoms with Crippen molar-refractivity contribution in [3.05, 3.63) is 59.1 Å². The lowest BCUT2D eigenvalue weighted by molar-refractivity contribution is 0.294. The lowest BCUT2D eigenvalue weighted by atomic mass is 10.3. The van der Waals surface area contributed by atoms with E-state index in [2.05, 4.69) is 0 Å². The Morgan fingerprint density at radius 1 is 1.15 bits per heavy atom. The van der Waals surface area contributed by atoms with E-state index in [0.717, 1.165) is 5.75 Å². The highest BCUT2D eigenvalue weighted by atomic mass is 16.5. The summed E-state index contributed by atoms with van der Waals surface area (Å²) in [6.07, 6.45) is 0. The Balaban J connectivity index is 1.79. The molecule has 0 aliphatic heterocycles. The number of anilines is 1. The second kappa shape index (κ2) is 5.13. The lowest BCUT2D eigenvalue weighted by Gasteiger charge is -2.06. The zero-order chi connectivity index (χ0) is 13.9. The van der Waals surface area contributed by atoms with Crippen LogP contribution in [-0.2, 0) is 6.54 Å². The number of hydrogen-bond acceptors (Lipinski definition) is 4. The molecule has 0 saturated carbocycles. The first kappa shape index (κ1) is 12.3. The average molecular weight is 270 g/mol. The Labute approximate surface area is 115 Å². The normalized spacial score (nSPS) is 10.8. The molecule has 3 aromatic rings. The first-order valence-electron chi connectivity index (χ1n) is 6.31. The minimum Gasteiger partial charge on any atom is -0.492 e. The summed E-state index contributed by atoms with van der Waals surface area (Å²) in [5, 5.41) is 0. The van der Waals surface area contributed by atoms with Gasteiger partial charge in [0.1, 0.15) is 12.4 Å². The number of nitrogens with two attached hydrogens (primary N) is 1. The minimum absolute atomic E-state index is 0.382. The molecule has 1 heterocycles. The predicted molar refractivity (Wildman–Crippen MR) is 76.8 cm³/mol. The van der Waals surface area contributed by atoms with Crippen LogP contribution in [0.4, 0.5) is 5.69 Å². The smallest absolute Gasteiger partial charge is 0.420 e. The Kier molecular flexibility index (Phi) is 3.16. The van der Waals surface area contributed by atoms with E-state index in [9.17, 15) is 4.79 Å². The molecule has 0 unspecified atom stereocenters. The third kappa shape index (κ3) is 2.38. The van der Waals surface area contributed by atoms with Gasteiger partial charge in [0.2, 0.25) is 0 Å². The molecule has 0 amide bonds. The molecule has 0 atom stereocenters. The number of rotatable bonds is 4. The lowest BCUT2D eigenvalue weighted by Crippen LogP contribution is -2.18. The Hall–Kier alpha value is -2.69. The summed E-state index contributed by atoms with van der Waals surface area (Å²) < 4.78 is 12.3. The molecule has 0 spiro atoms. The van der Waals surface area contributed by atoms with Crippen molar-refractivity contribution in [2.24, 2.45) is 0 Å². The third-order valence-corrected chi connectivity index (χ3v) is 3.02. The minimum atomic E-state index is -0.401. The van der Waals surface area contributed by atoms with Gasteiger partial charge in [0.15, 0.2) is 5.58 Å². The summed E-state index contributed by atoms with van der Waals surface area (Å²) in [5.74, 6) is 0.370. The molecule has 0 radical (unpaired) electrons. The summed E-state index contributed by atoms with van der Waals surface area (Å²) in [6.45, 7) is 0.789. The highest BCUT2D eigenvalue weighted by Gasteiger charge is 2.09. The molecule has 5 nitrogen and oxygen atoms in total. The highest BCUT2D eigenvalue weighted by Crippen LogP contribution is 2.16. The maximum Gasteiger partial charge on any atom is 0.420 e. The van der Waals surface area contributed by atoms with Gasteiger partial charge in [-0.05, 0) is 30.3 Å². The number of benzene rings is 2. The van der Waals surface area contributed by atoms with Crippen LogP contribution in [0.5, 0.6) is 5.75 Å². The molecule has 5 heteroatoms. The summed E-state index contributed by atoms with van der Waals surface area (Å²) in [5.41, 5.74) is 7.55. The number of fused-ring (bicyclic) bond motifs is 1. The fourth-order valence-corrected chi connectivity index (χ4v) is 2.06. The highest BCUT2D eigenvalue weighted by molar-refractivity contribution is 5.76. The van der Waals surface area contributed by atoms with Gasteiger partial charge in [-0.3, -0.25) is 4.57 Å². The molecule has 0 aliphatic carbocycles. The zero-order valence-electron chi connectivity index (χ0n) is 10.8. The van der Waals surface area contributed by atoms with E-state index in [-0.39, 0.29) is 0 Å². The van der Waals surface area contributed by atoms with E-state index in [1.54, 1.807) is 18.2 Å². The number of hydrogen-bond donors (Lipinski definition) is 1. The van der Waals surface area contributed by atoms with Gasteiger partial charge >= 0.3 is 5.76 Å². The maximum absolute atomic E-state index is 11.8. The van der Waals surface area contributed by atoms with Crippen molar-refractivity contribution in [1.29, 1.82) is 0 Å². The summed E-state index contributed by atoms with van der Waals surface area (Å²) >= 11 is 0. The second-order valence-electron chi connectivity index (χ2n) is 4.41. The molecule has 1 aromatic heterocycles. The molecule has 2 aromatic carbocycles. The van der Waals surface area contributed by atoms with Gasteiger partial charge in [-0.2, -0.15) is 0 Å². The van der Waals surface area contributed by atoms with Crippen molar-refractivity contribution in [1.82, 2.24) is 4.57 Å². The van der Waals surface area contributed by atoms with Crippen LogP contribution in [0, 0.1) is 0 Å². The van der Waals surface area contributed by atoms with Crippen LogP contribution in [0.25, 0.3) is 11.1 Å². The molecular weight excluding hydrogens is 256 g/mol. The largest absolute Gasteiger partial charge is 0.492 e. The Morgan fingerprint density at radius 3 is 2.75 bits per heavy atom. The Morgan fingerprint density at radius 2 is 1.95 bits per heavy atom. The van der Waals surface area contributed by atoms with E-state index >= 15 is 0 Å². The van der Waals surface area contributed by atoms with Gasteiger partial charge in [0.05, 0.1) is 12.1 Å². The van der Waals surface area contributed by atoms with Crippen molar-refractivity contribution in [2.45, 2.75) is 6.54 Å². The standard InChI is InChI=1S/C15H14N2O3/c16-11-6-7-14-13(10-11)17(15(18)20-14)8-9-19-12-4-2-1-3-5-12/h1-7,10H,8-9,16H2. The number of ether oxygens (including phenoxy) is 1. The third-order valence-electron chi connectivity index (χ3n) is 3.02. The molecule has 20 heavy (non-hydrogen) atoms. The molecule has 102 valence electrons. The van der Waals surface area contributed by atoms with Crippen molar-refractivity contribution >= 4 is 16.8 Å². The summed E-state index contributed by atoms with van der Waals surface area (Å²) in [4.78, 5) is 11.8. The SMILES string of the molecule is Nc1ccc2oc(=O)n(CCOc3ccccc3)c2c1. The van der Waals surface area contributed by atoms with Crippen molar-refractivity contribution in [3.8, 4) is 5.75 Å². The van der Waals surface area contributed by atoms with Crippen molar-refractivity contribution in [3.63, 3.8) is 0 Å². The predicted octanol–water partition coefficient (Wildman–Crippen LogP) is 2.26. The van der Waals surface area contributed by atoms with Crippen LogP contribution in [0.1, 0.15) is 0 Å². The first-order chi connectivity index (χ1) is 9.74. The topological polar surface area (TPSA) is 70.4 Å². The molecule has 3 rings (SSSR count). The monoisotopic (exact) mass is 270 g/mol. The molecule has 0 fully saturated rings. The van der Waals surface area contributed by atoms with Gasteiger partial charge in [0, 0.05) is 5.69 Å². The molecule has 0 aliphatic rings. The van der Waals surface area contributed by atoms with E-state index in [0.29, 0.717) is 29.9 Å². The van der Waals surface area contributed by atoms with Crippen LogP contribution < -0.4 is 16.2 Å². The van der Waals surface area contributed by atoms with E-state index < -0.39 is 5.76 Å². The van der Waals surface area contributed by atoms with Gasteiger partial charge in [-0.25, -0.2) is 4.79 Å². The van der Waals surface area contributed by atoms with Crippen LogP contribution >= 0.6 is 0 Å². The quantitative estimate of drug-likeness (QED) is 0.738. The average Bonchev–Trinajstić information content (AvgIpc) is 2.76. The molecule has 0 saturated heterocycles. The second-order valence-corrected chi connectivity index (χ2v) is 4.41. The van der Waals surface area contributed by atoms with Gasteiger partial charge in [0.25, 0.3) is 0 Å². The number of nitrogens with zero attached hydrogens (tertiary/aromatic N) is 1. The molecule has 0 bridgehead atoms. The van der Waals surface area contributed by atoms with Crippen molar-refractivity contribution in [2.75, 3.05) is 12.3 Å². The number of para-hydroxylation sites is 1. The number of aromatic nitrogens is 1. The number of oxazole rings is 1. The first-order valence-corrected chi connectivity index (χ1v) is 6.31. The fourth-order valence-electron chi connectivity index (χ4n) is 2.06. The van der Waals surface area contributed by atoms with E-state index in [1.165, 1.54) is 4.57 Å². The zero-order valence-corrected chi connectivity index (χ0v) is 10.8. The van der Waals surface area contributed by atoms with Crippen LogP contribution in [0.2, 0.25) is 0 Å². The summed E-state index contributed by atoms with van der Waals surface area (Å²) in [6, 6.07) is 14.6. The van der Waals surface area contributed by atoms with Crippen molar-refractivity contribution < 1.29 is 9.15 Å². The molecular formula is C15H14N2O3. The Bertz CT molecular complexity index is 775. The van der Waals surface area contributed by atoms with Crippen LogP contribution in [0.3, 0.4) is 0 Å².